The second-order valence-corrected chi connectivity index (χ2v) is 8.34. The van der Waals surface area contributed by atoms with Crippen molar-refractivity contribution in [1.82, 2.24) is 0 Å². The molecular formula is C19H21NO5S. The fourth-order valence-corrected chi connectivity index (χ4v) is 5.96. The van der Waals surface area contributed by atoms with Crippen LogP contribution in [0.1, 0.15) is 40.1 Å². The van der Waals surface area contributed by atoms with Crippen LogP contribution in [0, 0.1) is 23.7 Å². The molecule has 3 aliphatic rings. The van der Waals surface area contributed by atoms with Gasteiger partial charge in [0.2, 0.25) is 5.91 Å². The van der Waals surface area contributed by atoms with Crippen LogP contribution in [0.2, 0.25) is 0 Å². The quantitative estimate of drug-likeness (QED) is 0.624. The van der Waals surface area contributed by atoms with Crippen LogP contribution in [0.25, 0.3) is 0 Å². The first kappa shape index (κ1) is 17.3. The summed E-state index contributed by atoms with van der Waals surface area (Å²) in [6, 6.07) is 0. The topological polar surface area (TPSA) is 92.7 Å². The molecule has 138 valence electrons. The molecule has 1 amide bonds. The van der Waals surface area contributed by atoms with Crippen LogP contribution >= 0.6 is 11.3 Å². The van der Waals surface area contributed by atoms with Gasteiger partial charge in [-0.3, -0.25) is 9.59 Å². The number of amides is 1. The van der Waals surface area contributed by atoms with Crippen LogP contribution in [0.3, 0.4) is 0 Å². The van der Waals surface area contributed by atoms with E-state index in [1.54, 1.807) is 0 Å². The van der Waals surface area contributed by atoms with E-state index in [0.717, 1.165) is 36.1 Å². The van der Waals surface area contributed by atoms with Crippen molar-refractivity contribution in [3.05, 3.63) is 28.2 Å². The summed E-state index contributed by atoms with van der Waals surface area (Å²) in [4.78, 5) is 38.0. The maximum absolute atomic E-state index is 12.9. The molecule has 1 aromatic heterocycles. The van der Waals surface area contributed by atoms with Crippen molar-refractivity contribution >= 4 is 34.2 Å². The number of ether oxygens (including phenoxy) is 1. The average Bonchev–Trinajstić information content (AvgIpc) is 3.32. The lowest BCUT2D eigenvalue weighted by Crippen LogP contribution is -2.36. The summed E-state index contributed by atoms with van der Waals surface area (Å²) in [5, 5.41) is 12.9. The Hall–Kier alpha value is -2.15. The number of nitrogens with one attached hydrogen (secondary N) is 1. The normalized spacial score (nSPS) is 28.7. The fraction of sp³-hybridized carbons (Fsp3) is 0.526. The number of carbonyl (C=O) groups is 3. The second-order valence-electron chi connectivity index (χ2n) is 7.23. The maximum Gasteiger partial charge on any atom is 0.341 e. The van der Waals surface area contributed by atoms with Crippen molar-refractivity contribution in [2.75, 3.05) is 12.4 Å². The number of hydrogen-bond acceptors (Lipinski definition) is 5. The molecule has 2 N–H and O–H groups in total. The van der Waals surface area contributed by atoms with Gasteiger partial charge in [-0.15, -0.1) is 11.3 Å². The molecule has 0 aromatic carbocycles. The van der Waals surface area contributed by atoms with Gasteiger partial charge in [0, 0.05) is 4.88 Å². The number of thiophene rings is 1. The van der Waals surface area contributed by atoms with Gasteiger partial charge in [-0.05, 0) is 49.5 Å². The number of aryl methyl sites for hydroxylation is 1. The number of carboxylic acid groups (broad SMARTS) is 1. The fourth-order valence-electron chi connectivity index (χ4n) is 4.68. The third-order valence-corrected chi connectivity index (χ3v) is 7.05. The maximum atomic E-state index is 12.9. The Bertz CT molecular complexity index is 811. The number of carboxylic acids is 1. The van der Waals surface area contributed by atoms with Crippen molar-refractivity contribution in [2.45, 2.75) is 32.1 Å². The van der Waals surface area contributed by atoms with E-state index in [0.29, 0.717) is 17.0 Å². The standard InChI is InChI=1S/C19H21NO5S/c1-25-19(24)15-11-4-2-3-5-12(11)26-17(15)20-16(21)13-9-6-7-10(8-9)14(13)18(22)23/h6-7,9-10,13-14H,2-5,8H2,1H3,(H,20,21)(H,22,23)/t9-,10-,13-,14+/m0/s1. The summed E-state index contributed by atoms with van der Waals surface area (Å²) < 4.78 is 4.93. The van der Waals surface area contributed by atoms with E-state index in [1.807, 2.05) is 12.2 Å². The lowest BCUT2D eigenvalue weighted by Gasteiger charge is -2.23. The zero-order valence-corrected chi connectivity index (χ0v) is 15.3. The van der Waals surface area contributed by atoms with Gasteiger partial charge in [-0.1, -0.05) is 12.2 Å². The molecule has 0 spiro atoms. The van der Waals surface area contributed by atoms with Gasteiger partial charge < -0.3 is 15.2 Å². The number of carbonyl (C=O) groups excluding carboxylic acids is 2. The Morgan fingerprint density at radius 1 is 1.15 bits per heavy atom. The number of rotatable bonds is 4. The first-order valence-electron chi connectivity index (χ1n) is 8.96. The van der Waals surface area contributed by atoms with E-state index in [2.05, 4.69) is 5.32 Å². The molecule has 4 atom stereocenters. The van der Waals surface area contributed by atoms with Crippen LogP contribution in [0.15, 0.2) is 12.2 Å². The molecule has 2 bridgehead atoms. The number of anilines is 1. The van der Waals surface area contributed by atoms with E-state index in [4.69, 9.17) is 4.74 Å². The highest BCUT2D eigenvalue weighted by atomic mass is 32.1. The third kappa shape index (κ3) is 2.65. The van der Waals surface area contributed by atoms with E-state index in [1.165, 1.54) is 18.4 Å². The molecule has 4 rings (SSSR count). The van der Waals surface area contributed by atoms with Gasteiger partial charge in [0.15, 0.2) is 0 Å². The summed E-state index contributed by atoms with van der Waals surface area (Å²) in [5.74, 6) is -3.09. The first-order chi connectivity index (χ1) is 12.5. The molecule has 1 heterocycles. The molecule has 7 heteroatoms. The molecule has 1 fully saturated rings. The van der Waals surface area contributed by atoms with Gasteiger partial charge in [0.1, 0.15) is 5.00 Å². The van der Waals surface area contributed by atoms with E-state index < -0.39 is 23.8 Å². The predicted molar refractivity (Wildman–Crippen MR) is 96.3 cm³/mol. The van der Waals surface area contributed by atoms with Crippen molar-refractivity contribution in [3.63, 3.8) is 0 Å². The summed E-state index contributed by atoms with van der Waals surface area (Å²) in [7, 11) is 1.34. The van der Waals surface area contributed by atoms with Crippen molar-refractivity contribution in [3.8, 4) is 0 Å². The highest BCUT2D eigenvalue weighted by Crippen LogP contribution is 2.49. The SMILES string of the molecule is COC(=O)c1c(NC(=O)[C@@H]2[C@H](C(=O)O)[C@H]3C=C[C@H]2C3)sc2c1CCCC2. The van der Waals surface area contributed by atoms with Crippen molar-refractivity contribution in [1.29, 1.82) is 0 Å². The molecule has 0 aliphatic heterocycles. The Morgan fingerprint density at radius 2 is 1.85 bits per heavy atom. The highest BCUT2D eigenvalue weighted by molar-refractivity contribution is 7.17. The largest absolute Gasteiger partial charge is 0.481 e. The zero-order chi connectivity index (χ0) is 18.4. The van der Waals surface area contributed by atoms with Crippen molar-refractivity contribution < 1.29 is 24.2 Å². The van der Waals surface area contributed by atoms with E-state index in [9.17, 15) is 19.5 Å². The summed E-state index contributed by atoms with van der Waals surface area (Å²) in [6.45, 7) is 0. The monoisotopic (exact) mass is 375 g/mol. The Labute approximate surface area is 155 Å². The minimum absolute atomic E-state index is 0.0442. The third-order valence-electron chi connectivity index (χ3n) is 5.84. The Morgan fingerprint density at radius 3 is 2.54 bits per heavy atom. The van der Waals surface area contributed by atoms with E-state index in [-0.39, 0.29) is 17.7 Å². The smallest absolute Gasteiger partial charge is 0.341 e. The van der Waals surface area contributed by atoms with E-state index >= 15 is 0 Å². The minimum Gasteiger partial charge on any atom is -0.481 e. The molecule has 26 heavy (non-hydrogen) atoms. The van der Waals surface area contributed by atoms with Crippen LogP contribution in [0.4, 0.5) is 5.00 Å². The second kappa shape index (κ2) is 6.54. The molecule has 1 saturated carbocycles. The van der Waals surface area contributed by atoms with Gasteiger partial charge in [0.25, 0.3) is 0 Å². The molecule has 3 aliphatic carbocycles. The van der Waals surface area contributed by atoms with Gasteiger partial charge >= 0.3 is 11.9 Å². The Balaban J connectivity index is 1.64. The highest BCUT2D eigenvalue weighted by Gasteiger charge is 2.51. The molecular weight excluding hydrogens is 354 g/mol. The summed E-state index contributed by atoms with van der Waals surface area (Å²) in [5.41, 5.74) is 1.43. The predicted octanol–water partition coefficient (Wildman–Crippen LogP) is 2.87. The molecule has 0 saturated heterocycles. The summed E-state index contributed by atoms with van der Waals surface area (Å²) in [6.07, 6.45) is 8.36. The number of hydrogen-bond donors (Lipinski definition) is 2. The van der Waals surface area contributed by atoms with Crippen LogP contribution in [-0.2, 0) is 27.2 Å². The molecule has 0 unspecified atom stereocenters. The van der Waals surface area contributed by atoms with Gasteiger partial charge in [-0.25, -0.2) is 4.79 Å². The number of fused-ring (bicyclic) bond motifs is 3. The minimum atomic E-state index is -0.930. The number of esters is 1. The average molecular weight is 375 g/mol. The number of allylic oxidation sites excluding steroid dienone is 2. The molecule has 1 aromatic rings. The Kier molecular flexibility index (Phi) is 4.34. The lowest BCUT2D eigenvalue weighted by molar-refractivity contribution is -0.146. The lowest BCUT2D eigenvalue weighted by atomic mass is 9.82. The summed E-state index contributed by atoms with van der Waals surface area (Å²) >= 11 is 1.42. The zero-order valence-electron chi connectivity index (χ0n) is 14.5. The van der Waals surface area contributed by atoms with Crippen LogP contribution in [-0.4, -0.2) is 30.1 Å². The van der Waals surface area contributed by atoms with Crippen molar-refractivity contribution in [2.24, 2.45) is 23.7 Å². The molecule has 6 nitrogen and oxygen atoms in total. The van der Waals surface area contributed by atoms with Crippen LogP contribution < -0.4 is 5.32 Å². The number of methoxy groups -OCH3 is 1. The van der Waals surface area contributed by atoms with Gasteiger partial charge in [0.05, 0.1) is 24.5 Å². The first-order valence-corrected chi connectivity index (χ1v) is 9.77. The van der Waals surface area contributed by atoms with Crippen LogP contribution in [0.5, 0.6) is 0 Å². The molecule has 0 radical (unpaired) electrons. The number of aliphatic carboxylic acids is 1. The van der Waals surface area contributed by atoms with Gasteiger partial charge in [-0.2, -0.15) is 0 Å².